The minimum atomic E-state index is -1.47. The van der Waals surface area contributed by atoms with Crippen LogP contribution >= 0.6 is 22.9 Å². The van der Waals surface area contributed by atoms with Crippen molar-refractivity contribution < 1.29 is 24.9 Å². The van der Waals surface area contributed by atoms with Gasteiger partial charge in [0.15, 0.2) is 6.10 Å². The Morgan fingerprint density at radius 2 is 1.90 bits per heavy atom. The molecule has 0 bridgehead atoms. The molecule has 1 fully saturated rings. The maximum Gasteiger partial charge on any atom is 0.258 e. The molecular formula is C27H24ClN5O5S. The van der Waals surface area contributed by atoms with E-state index >= 15 is 0 Å². The first-order chi connectivity index (χ1) is 18.8. The summed E-state index contributed by atoms with van der Waals surface area (Å²) in [6.07, 6.45) is -3.71. The zero-order valence-corrected chi connectivity index (χ0v) is 22.2. The number of anilines is 1. The van der Waals surface area contributed by atoms with Gasteiger partial charge in [-0.1, -0.05) is 35.0 Å². The molecule has 3 N–H and O–H groups in total. The number of carbonyl (C=O) groups is 1. The van der Waals surface area contributed by atoms with Crippen LogP contribution in [0, 0.1) is 0 Å². The van der Waals surface area contributed by atoms with Crippen LogP contribution in [0.3, 0.4) is 0 Å². The van der Waals surface area contributed by atoms with E-state index in [-0.39, 0.29) is 0 Å². The smallest absolute Gasteiger partial charge is 0.258 e. The topological polar surface area (TPSA) is 134 Å². The van der Waals surface area contributed by atoms with Crippen LogP contribution < -0.4 is 4.90 Å². The third-order valence-electron chi connectivity index (χ3n) is 7.08. The van der Waals surface area contributed by atoms with Crippen LogP contribution in [0.2, 0.25) is 5.02 Å². The molecule has 12 heteroatoms. The predicted octanol–water partition coefficient (Wildman–Crippen LogP) is 3.05. The van der Waals surface area contributed by atoms with Gasteiger partial charge in [-0.25, -0.2) is 9.67 Å². The highest BCUT2D eigenvalue weighted by Gasteiger charge is 2.49. The van der Waals surface area contributed by atoms with Crippen LogP contribution in [-0.4, -0.2) is 79.3 Å². The third kappa shape index (κ3) is 4.67. The van der Waals surface area contributed by atoms with E-state index in [1.165, 1.54) is 20.9 Å². The lowest BCUT2D eigenvalue weighted by Gasteiger charge is -2.42. The molecule has 0 spiro atoms. The van der Waals surface area contributed by atoms with Gasteiger partial charge < -0.3 is 25.0 Å². The van der Waals surface area contributed by atoms with E-state index in [1.54, 1.807) is 30.9 Å². The number of fused-ring (bicyclic) bond motifs is 2. The molecule has 0 radical (unpaired) electrons. The van der Waals surface area contributed by atoms with Crippen molar-refractivity contribution in [2.75, 3.05) is 18.6 Å². The van der Waals surface area contributed by atoms with Gasteiger partial charge in [-0.05, 0) is 47.2 Å². The highest BCUT2D eigenvalue weighted by Crippen LogP contribution is 2.33. The molecule has 5 aromatic rings. The number of likely N-dealkylation sites (N-methyl/N-ethyl adjacent to an activating group) is 1. The summed E-state index contributed by atoms with van der Waals surface area (Å²) in [6, 6.07) is 15.6. The first-order valence-corrected chi connectivity index (χ1v) is 13.4. The van der Waals surface area contributed by atoms with Gasteiger partial charge in [0, 0.05) is 23.3 Å². The number of hydrogen-bond donors (Lipinski definition) is 3. The lowest BCUT2D eigenvalue weighted by atomic mass is 9.92. The maximum atomic E-state index is 13.5. The molecule has 200 valence electrons. The predicted molar refractivity (Wildman–Crippen MR) is 148 cm³/mol. The number of aliphatic hydroxyl groups is 3. The number of nitrogens with zero attached hydrogens (tertiary/aromatic N) is 5. The SMILES string of the molecule is CN(C(=O)[C@@H]1O[C@H](CO)[C@H](O)[C@H](n2cc(-c3ccc4cc(Cl)ccc4c3)nn2)[C@H]1O)c1ccc2ncsc2c1. The fraction of sp³-hybridized carbons (Fsp3) is 0.259. The lowest BCUT2D eigenvalue weighted by molar-refractivity contribution is -0.205. The minimum Gasteiger partial charge on any atom is -0.394 e. The number of rotatable bonds is 5. The largest absolute Gasteiger partial charge is 0.394 e. The van der Waals surface area contributed by atoms with E-state index < -0.39 is 43.0 Å². The van der Waals surface area contributed by atoms with Crippen LogP contribution in [0.15, 0.2) is 66.3 Å². The lowest BCUT2D eigenvalue weighted by Crippen LogP contribution is -2.60. The Balaban J connectivity index is 1.29. The molecule has 1 saturated heterocycles. The van der Waals surface area contributed by atoms with E-state index in [0.29, 0.717) is 16.4 Å². The molecule has 2 aromatic heterocycles. The van der Waals surface area contributed by atoms with Gasteiger partial charge in [-0.3, -0.25) is 4.79 Å². The second-order valence-electron chi connectivity index (χ2n) is 9.44. The molecule has 0 aliphatic carbocycles. The summed E-state index contributed by atoms with van der Waals surface area (Å²) in [7, 11) is 1.58. The minimum absolute atomic E-state index is 0.510. The zero-order valence-electron chi connectivity index (χ0n) is 20.6. The van der Waals surface area contributed by atoms with Crippen molar-refractivity contribution >= 4 is 55.5 Å². The molecule has 5 atom stereocenters. The van der Waals surface area contributed by atoms with Crippen LogP contribution in [-0.2, 0) is 9.53 Å². The number of hydrogen-bond acceptors (Lipinski definition) is 9. The Kier molecular flexibility index (Phi) is 6.79. The number of aromatic nitrogens is 4. The fourth-order valence-corrected chi connectivity index (χ4v) is 5.81. The van der Waals surface area contributed by atoms with E-state index in [9.17, 15) is 20.1 Å². The molecule has 3 heterocycles. The monoisotopic (exact) mass is 565 g/mol. The van der Waals surface area contributed by atoms with E-state index in [2.05, 4.69) is 15.3 Å². The highest BCUT2D eigenvalue weighted by atomic mass is 35.5. The average Bonchev–Trinajstić information content (AvgIpc) is 3.62. The summed E-state index contributed by atoms with van der Waals surface area (Å²) in [5.74, 6) is -0.532. The van der Waals surface area contributed by atoms with Gasteiger partial charge in [-0.15, -0.1) is 16.4 Å². The summed E-state index contributed by atoms with van der Waals surface area (Å²) < 4.78 is 7.95. The fourth-order valence-electron chi connectivity index (χ4n) is 4.92. The Morgan fingerprint density at radius 3 is 2.72 bits per heavy atom. The summed E-state index contributed by atoms with van der Waals surface area (Å²) in [5.41, 5.74) is 4.42. The molecule has 3 aromatic carbocycles. The molecule has 39 heavy (non-hydrogen) atoms. The van der Waals surface area contributed by atoms with E-state index in [1.807, 2.05) is 42.5 Å². The van der Waals surface area contributed by atoms with Gasteiger partial charge in [0.2, 0.25) is 0 Å². The molecule has 1 amide bonds. The number of halogens is 1. The van der Waals surface area contributed by atoms with Crippen LogP contribution in [0.25, 0.3) is 32.2 Å². The van der Waals surface area contributed by atoms with Crippen LogP contribution in [0.1, 0.15) is 6.04 Å². The van der Waals surface area contributed by atoms with Gasteiger partial charge in [0.05, 0.1) is 28.5 Å². The molecule has 1 aliphatic heterocycles. The van der Waals surface area contributed by atoms with Crippen LogP contribution in [0.4, 0.5) is 5.69 Å². The highest BCUT2D eigenvalue weighted by molar-refractivity contribution is 7.16. The van der Waals surface area contributed by atoms with E-state index in [0.717, 1.165) is 26.6 Å². The number of carbonyl (C=O) groups excluding carboxylic acids is 1. The van der Waals surface area contributed by atoms with Crippen molar-refractivity contribution in [1.29, 1.82) is 0 Å². The number of aliphatic hydroxyl groups excluding tert-OH is 3. The Labute approximate surface area is 231 Å². The van der Waals surface area contributed by atoms with Crippen LogP contribution in [0.5, 0.6) is 0 Å². The zero-order chi connectivity index (χ0) is 27.3. The van der Waals surface area contributed by atoms with Gasteiger partial charge in [-0.2, -0.15) is 0 Å². The molecular weight excluding hydrogens is 542 g/mol. The van der Waals surface area contributed by atoms with E-state index in [4.69, 9.17) is 16.3 Å². The number of benzene rings is 3. The second kappa shape index (κ2) is 10.3. The van der Waals surface area contributed by atoms with Crippen molar-refractivity contribution in [3.05, 3.63) is 71.3 Å². The maximum absolute atomic E-state index is 13.5. The molecule has 1 aliphatic rings. The summed E-state index contributed by atoms with van der Waals surface area (Å²) in [6.45, 7) is -0.556. The first kappa shape index (κ1) is 25.8. The Hall–Kier alpha value is -3.45. The summed E-state index contributed by atoms with van der Waals surface area (Å²) in [4.78, 5) is 19.1. The number of thiazole rings is 1. The van der Waals surface area contributed by atoms with Crippen molar-refractivity contribution in [3.63, 3.8) is 0 Å². The molecule has 0 unspecified atom stereocenters. The van der Waals surface area contributed by atoms with Crippen molar-refractivity contribution in [1.82, 2.24) is 20.0 Å². The number of ether oxygens (including phenoxy) is 1. The number of amides is 1. The van der Waals surface area contributed by atoms with Gasteiger partial charge in [0.1, 0.15) is 30.0 Å². The summed E-state index contributed by atoms with van der Waals surface area (Å²) in [5, 5.41) is 43.2. The average molecular weight is 566 g/mol. The Morgan fingerprint density at radius 1 is 1.10 bits per heavy atom. The van der Waals surface area contributed by atoms with Crippen molar-refractivity contribution in [2.24, 2.45) is 0 Å². The first-order valence-electron chi connectivity index (χ1n) is 12.2. The molecule has 0 saturated carbocycles. The third-order valence-corrected chi connectivity index (χ3v) is 8.11. The van der Waals surface area contributed by atoms with Crippen molar-refractivity contribution in [2.45, 2.75) is 30.5 Å². The summed E-state index contributed by atoms with van der Waals surface area (Å²) >= 11 is 7.54. The second-order valence-corrected chi connectivity index (χ2v) is 10.8. The standard InChI is InChI=1S/C27H24ClN5O5S/c1-32(18-6-7-19-22(10-18)39-13-29-19)27(37)26-25(36)23(24(35)21(12-34)38-26)33-11-20(30-31-33)16-3-2-15-9-17(28)5-4-14(15)8-16/h2-11,13,21,23-26,34-36H,12H2,1H3/t21-,23+,24+,25-,26-/m1/s1. The van der Waals surface area contributed by atoms with Gasteiger partial charge >= 0.3 is 0 Å². The van der Waals surface area contributed by atoms with Gasteiger partial charge in [0.25, 0.3) is 5.91 Å². The quantitative estimate of drug-likeness (QED) is 0.296. The van der Waals surface area contributed by atoms with Crippen molar-refractivity contribution in [3.8, 4) is 11.3 Å². The molecule has 10 nitrogen and oxygen atoms in total. The normalized spacial score (nSPS) is 23.4. The molecule has 6 rings (SSSR count). The Bertz CT molecular complexity index is 1670.